The number of nitrogens with two attached hydrogens (primary N) is 1. The van der Waals surface area contributed by atoms with Crippen molar-refractivity contribution in [3.63, 3.8) is 0 Å². The van der Waals surface area contributed by atoms with Gasteiger partial charge in [-0.15, -0.1) is 0 Å². The van der Waals surface area contributed by atoms with Crippen LogP contribution >= 0.6 is 0 Å². The van der Waals surface area contributed by atoms with Gasteiger partial charge in [-0.3, -0.25) is 9.59 Å². The van der Waals surface area contributed by atoms with Gasteiger partial charge in [-0.05, 0) is 44.0 Å². The Hall–Kier alpha value is -1.95. The Morgan fingerprint density at radius 2 is 2.19 bits per heavy atom. The average molecular weight is 293 g/mol. The first kappa shape index (κ1) is 15.4. The van der Waals surface area contributed by atoms with Crippen molar-refractivity contribution in [1.29, 1.82) is 0 Å². The Balaban J connectivity index is 1.87. The van der Waals surface area contributed by atoms with Gasteiger partial charge < -0.3 is 16.4 Å². The molecule has 1 atom stereocenters. The SMILES string of the molecule is NC(=O)c1cc(NC(=O)CCC2CCCCN2)ccc1F. The highest BCUT2D eigenvalue weighted by Gasteiger charge is 2.15. The first-order valence-electron chi connectivity index (χ1n) is 7.19. The molecule has 5 nitrogen and oxygen atoms in total. The van der Waals surface area contributed by atoms with E-state index in [-0.39, 0.29) is 11.5 Å². The molecule has 6 heteroatoms. The summed E-state index contributed by atoms with van der Waals surface area (Å²) in [5, 5.41) is 6.04. The highest BCUT2D eigenvalue weighted by Crippen LogP contribution is 2.16. The molecule has 1 unspecified atom stereocenters. The number of nitrogens with one attached hydrogen (secondary N) is 2. The maximum absolute atomic E-state index is 13.3. The molecule has 1 saturated heterocycles. The highest BCUT2D eigenvalue weighted by molar-refractivity contribution is 5.96. The number of halogens is 1. The molecule has 21 heavy (non-hydrogen) atoms. The van der Waals surface area contributed by atoms with Crippen molar-refractivity contribution in [2.24, 2.45) is 5.73 Å². The number of benzene rings is 1. The third-order valence-corrected chi connectivity index (χ3v) is 3.65. The van der Waals surface area contributed by atoms with Crippen molar-refractivity contribution in [3.8, 4) is 0 Å². The maximum atomic E-state index is 13.3. The van der Waals surface area contributed by atoms with Crippen molar-refractivity contribution in [2.75, 3.05) is 11.9 Å². The molecule has 1 aliphatic rings. The fourth-order valence-corrected chi connectivity index (χ4v) is 2.49. The molecule has 0 bridgehead atoms. The van der Waals surface area contributed by atoms with E-state index in [1.165, 1.54) is 25.0 Å². The summed E-state index contributed by atoms with van der Waals surface area (Å²) >= 11 is 0. The van der Waals surface area contributed by atoms with E-state index in [0.717, 1.165) is 25.5 Å². The highest BCUT2D eigenvalue weighted by atomic mass is 19.1. The van der Waals surface area contributed by atoms with E-state index in [1.807, 2.05) is 0 Å². The van der Waals surface area contributed by atoms with Gasteiger partial charge >= 0.3 is 0 Å². The summed E-state index contributed by atoms with van der Waals surface area (Å²) in [5.41, 5.74) is 5.23. The van der Waals surface area contributed by atoms with Crippen molar-refractivity contribution < 1.29 is 14.0 Å². The van der Waals surface area contributed by atoms with E-state index in [9.17, 15) is 14.0 Å². The minimum Gasteiger partial charge on any atom is -0.366 e. The molecule has 0 saturated carbocycles. The summed E-state index contributed by atoms with van der Waals surface area (Å²) in [5.74, 6) is -1.69. The number of rotatable bonds is 5. The van der Waals surface area contributed by atoms with Crippen LogP contribution in [0.5, 0.6) is 0 Å². The molecule has 114 valence electrons. The molecule has 2 rings (SSSR count). The van der Waals surface area contributed by atoms with Gasteiger partial charge in [0, 0.05) is 18.2 Å². The predicted octanol–water partition coefficient (Wildman–Crippen LogP) is 1.79. The zero-order chi connectivity index (χ0) is 15.2. The normalized spacial score (nSPS) is 18.2. The second-order valence-electron chi connectivity index (χ2n) is 5.29. The molecular formula is C15H20FN3O2. The van der Waals surface area contributed by atoms with Crippen LogP contribution in [0.15, 0.2) is 18.2 Å². The van der Waals surface area contributed by atoms with Crippen LogP contribution in [0.1, 0.15) is 42.5 Å². The lowest BCUT2D eigenvalue weighted by molar-refractivity contribution is -0.116. The second-order valence-corrected chi connectivity index (χ2v) is 5.29. The Bertz CT molecular complexity index is 528. The minimum absolute atomic E-state index is 0.149. The largest absolute Gasteiger partial charge is 0.366 e. The molecule has 1 aromatic carbocycles. The first-order valence-corrected chi connectivity index (χ1v) is 7.19. The third kappa shape index (κ3) is 4.53. The Kier molecular flexibility index (Phi) is 5.27. The molecule has 1 heterocycles. The number of primary amides is 1. The van der Waals surface area contributed by atoms with Crippen LogP contribution in [0, 0.1) is 5.82 Å². The molecular weight excluding hydrogens is 273 g/mol. The number of hydrogen-bond acceptors (Lipinski definition) is 3. The van der Waals surface area contributed by atoms with E-state index in [0.29, 0.717) is 18.2 Å². The number of piperidine rings is 1. The lowest BCUT2D eigenvalue weighted by Gasteiger charge is -2.23. The minimum atomic E-state index is -0.852. The van der Waals surface area contributed by atoms with Crippen LogP contribution in [0.2, 0.25) is 0 Å². The summed E-state index contributed by atoms with van der Waals surface area (Å²) in [6, 6.07) is 4.18. The van der Waals surface area contributed by atoms with Gasteiger partial charge in [0.25, 0.3) is 5.91 Å². The summed E-state index contributed by atoms with van der Waals surface area (Å²) < 4.78 is 13.3. The van der Waals surface area contributed by atoms with E-state index >= 15 is 0 Å². The third-order valence-electron chi connectivity index (χ3n) is 3.65. The molecule has 2 amide bonds. The first-order chi connectivity index (χ1) is 10.1. The summed E-state index contributed by atoms with van der Waals surface area (Å²) in [4.78, 5) is 22.9. The Morgan fingerprint density at radius 1 is 1.38 bits per heavy atom. The lowest BCUT2D eigenvalue weighted by atomic mass is 10.0. The van der Waals surface area contributed by atoms with Crippen LogP contribution in [-0.4, -0.2) is 24.4 Å². The molecule has 1 fully saturated rings. The van der Waals surface area contributed by atoms with Crippen molar-refractivity contribution in [1.82, 2.24) is 5.32 Å². The monoisotopic (exact) mass is 293 g/mol. The number of amides is 2. The zero-order valence-corrected chi connectivity index (χ0v) is 11.8. The van der Waals surface area contributed by atoms with Gasteiger partial charge in [-0.1, -0.05) is 6.42 Å². The smallest absolute Gasteiger partial charge is 0.251 e. The van der Waals surface area contributed by atoms with Gasteiger partial charge in [0.15, 0.2) is 0 Å². The van der Waals surface area contributed by atoms with Gasteiger partial charge in [0.05, 0.1) is 5.56 Å². The lowest BCUT2D eigenvalue weighted by Crippen LogP contribution is -2.34. The van der Waals surface area contributed by atoms with Crippen molar-refractivity contribution in [2.45, 2.75) is 38.1 Å². The standard InChI is InChI=1S/C15H20FN3O2/c16-13-6-4-11(9-12(13)15(17)21)19-14(20)7-5-10-3-1-2-8-18-10/h4,6,9-10,18H,1-3,5,7-8H2,(H2,17,21)(H,19,20). The number of hydrogen-bond donors (Lipinski definition) is 3. The van der Waals surface area contributed by atoms with Gasteiger partial charge in [-0.2, -0.15) is 0 Å². The van der Waals surface area contributed by atoms with Gasteiger partial charge in [-0.25, -0.2) is 4.39 Å². The number of carbonyl (C=O) groups is 2. The van der Waals surface area contributed by atoms with Gasteiger partial charge in [0.2, 0.25) is 5.91 Å². The Morgan fingerprint density at radius 3 is 2.86 bits per heavy atom. The van der Waals surface area contributed by atoms with E-state index in [2.05, 4.69) is 10.6 Å². The van der Waals surface area contributed by atoms with E-state index in [4.69, 9.17) is 5.73 Å². The topological polar surface area (TPSA) is 84.2 Å². The Labute approximate surface area is 123 Å². The van der Waals surface area contributed by atoms with Crippen LogP contribution in [0.25, 0.3) is 0 Å². The molecule has 0 radical (unpaired) electrons. The van der Waals surface area contributed by atoms with Crippen molar-refractivity contribution in [3.05, 3.63) is 29.6 Å². The second kappa shape index (κ2) is 7.17. The molecule has 1 aliphatic heterocycles. The number of carbonyl (C=O) groups excluding carboxylic acids is 2. The summed E-state index contributed by atoms with van der Waals surface area (Å²) in [6.07, 6.45) is 4.64. The van der Waals surface area contributed by atoms with E-state index < -0.39 is 11.7 Å². The number of anilines is 1. The molecule has 0 aromatic heterocycles. The summed E-state index contributed by atoms with van der Waals surface area (Å²) in [7, 11) is 0. The average Bonchev–Trinajstić information content (AvgIpc) is 2.48. The van der Waals surface area contributed by atoms with Crippen LogP contribution < -0.4 is 16.4 Å². The van der Waals surface area contributed by atoms with Crippen LogP contribution in [0.4, 0.5) is 10.1 Å². The van der Waals surface area contributed by atoms with Gasteiger partial charge in [0.1, 0.15) is 5.82 Å². The fraction of sp³-hybridized carbons (Fsp3) is 0.467. The van der Waals surface area contributed by atoms with Crippen LogP contribution in [0.3, 0.4) is 0 Å². The maximum Gasteiger partial charge on any atom is 0.251 e. The van der Waals surface area contributed by atoms with Crippen LogP contribution in [-0.2, 0) is 4.79 Å². The van der Waals surface area contributed by atoms with Crippen molar-refractivity contribution >= 4 is 17.5 Å². The summed E-state index contributed by atoms with van der Waals surface area (Å²) in [6.45, 7) is 1.01. The quantitative estimate of drug-likeness (QED) is 0.773. The molecule has 0 aliphatic carbocycles. The predicted molar refractivity (Wildman–Crippen MR) is 78.4 cm³/mol. The fourth-order valence-electron chi connectivity index (χ4n) is 2.49. The zero-order valence-electron chi connectivity index (χ0n) is 11.8. The molecule has 0 spiro atoms. The molecule has 4 N–H and O–H groups in total. The van der Waals surface area contributed by atoms with E-state index in [1.54, 1.807) is 0 Å². The molecule has 1 aromatic rings.